The monoisotopic (exact) mass is 305 g/mol. The SMILES string of the molecule is O=C(CO)NCC(=O)N[C@H]1CO[C@@H]2C(O[N+](=O)[O-])CO[C@H]12. The number of hydrogen-bond acceptors (Lipinski definition) is 8. The van der Waals surface area contributed by atoms with Crippen LogP contribution in [0.4, 0.5) is 0 Å². The van der Waals surface area contributed by atoms with Crippen LogP contribution in [0.25, 0.3) is 0 Å². The van der Waals surface area contributed by atoms with E-state index in [1.54, 1.807) is 0 Å². The molecule has 21 heavy (non-hydrogen) atoms. The number of carbonyl (C=O) groups is 2. The summed E-state index contributed by atoms with van der Waals surface area (Å²) in [5.74, 6) is -1.14. The summed E-state index contributed by atoms with van der Waals surface area (Å²) in [6.45, 7) is -0.855. The fourth-order valence-electron chi connectivity index (χ4n) is 2.28. The Labute approximate surface area is 118 Å². The molecule has 2 rings (SSSR count). The van der Waals surface area contributed by atoms with E-state index in [4.69, 9.17) is 14.6 Å². The van der Waals surface area contributed by atoms with Crippen molar-refractivity contribution in [3.05, 3.63) is 10.1 Å². The minimum Gasteiger partial charge on any atom is -0.387 e. The number of fused-ring (bicyclic) bond motifs is 1. The first-order valence-corrected chi connectivity index (χ1v) is 6.22. The lowest BCUT2D eigenvalue weighted by Crippen LogP contribution is -2.48. The highest BCUT2D eigenvalue weighted by Crippen LogP contribution is 2.28. The molecule has 0 bridgehead atoms. The zero-order valence-electron chi connectivity index (χ0n) is 10.9. The fraction of sp³-hybridized carbons (Fsp3) is 0.800. The largest absolute Gasteiger partial charge is 0.387 e. The molecule has 2 fully saturated rings. The maximum Gasteiger partial charge on any atom is 0.294 e. The number of amides is 2. The molecule has 11 heteroatoms. The predicted molar refractivity (Wildman–Crippen MR) is 63.4 cm³/mol. The molecular formula is C10H15N3O8. The highest BCUT2D eigenvalue weighted by molar-refractivity contribution is 5.85. The quantitative estimate of drug-likeness (QED) is 0.346. The molecule has 2 amide bonds. The molecule has 0 aliphatic carbocycles. The van der Waals surface area contributed by atoms with E-state index in [1.165, 1.54) is 0 Å². The van der Waals surface area contributed by atoms with E-state index in [1.807, 2.05) is 0 Å². The first-order chi connectivity index (χ1) is 10.0. The highest BCUT2D eigenvalue weighted by atomic mass is 17.0. The summed E-state index contributed by atoms with van der Waals surface area (Å²) in [4.78, 5) is 37.2. The Morgan fingerprint density at radius 1 is 1.29 bits per heavy atom. The van der Waals surface area contributed by atoms with Crippen molar-refractivity contribution in [3.63, 3.8) is 0 Å². The zero-order valence-corrected chi connectivity index (χ0v) is 10.9. The van der Waals surface area contributed by atoms with Gasteiger partial charge in [-0.15, -0.1) is 10.1 Å². The topological polar surface area (TPSA) is 149 Å². The van der Waals surface area contributed by atoms with Gasteiger partial charge in [-0.25, -0.2) is 0 Å². The minimum atomic E-state index is -0.907. The molecule has 0 saturated carbocycles. The summed E-state index contributed by atoms with van der Waals surface area (Å²) < 4.78 is 10.7. The van der Waals surface area contributed by atoms with Crippen LogP contribution in [0, 0.1) is 10.1 Å². The molecule has 2 aliphatic rings. The lowest BCUT2D eigenvalue weighted by molar-refractivity contribution is -0.769. The second-order valence-electron chi connectivity index (χ2n) is 4.57. The summed E-state index contributed by atoms with van der Waals surface area (Å²) >= 11 is 0. The van der Waals surface area contributed by atoms with Gasteiger partial charge in [-0.1, -0.05) is 0 Å². The molecule has 3 N–H and O–H groups in total. The van der Waals surface area contributed by atoms with Crippen LogP contribution in [0.1, 0.15) is 0 Å². The molecule has 1 unspecified atom stereocenters. The van der Waals surface area contributed by atoms with Gasteiger partial charge >= 0.3 is 0 Å². The number of ether oxygens (including phenoxy) is 2. The van der Waals surface area contributed by atoms with E-state index in [9.17, 15) is 19.7 Å². The number of carbonyl (C=O) groups excluding carboxylic acids is 2. The van der Waals surface area contributed by atoms with Crippen LogP contribution < -0.4 is 10.6 Å². The van der Waals surface area contributed by atoms with Crippen LogP contribution in [0.3, 0.4) is 0 Å². The Kier molecular flexibility index (Phi) is 4.88. The third-order valence-electron chi connectivity index (χ3n) is 3.17. The van der Waals surface area contributed by atoms with Crippen LogP contribution in [0.2, 0.25) is 0 Å². The summed E-state index contributed by atoms with van der Waals surface area (Å²) in [6, 6.07) is -0.478. The smallest absolute Gasteiger partial charge is 0.294 e. The van der Waals surface area contributed by atoms with E-state index in [-0.39, 0.29) is 19.8 Å². The summed E-state index contributed by atoms with van der Waals surface area (Å²) in [5, 5.41) is 22.7. The second-order valence-corrected chi connectivity index (χ2v) is 4.57. The molecule has 2 heterocycles. The van der Waals surface area contributed by atoms with Crippen LogP contribution in [-0.2, 0) is 23.9 Å². The van der Waals surface area contributed by atoms with Gasteiger partial charge in [-0.2, -0.15) is 0 Å². The van der Waals surface area contributed by atoms with E-state index >= 15 is 0 Å². The number of nitrogens with zero attached hydrogens (tertiary/aromatic N) is 1. The van der Waals surface area contributed by atoms with Crippen LogP contribution in [0.5, 0.6) is 0 Å². The van der Waals surface area contributed by atoms with Gasteiger partial charge in [0.2, 0.25) is 11.8 Å². The zero-order chi connectivity index (χ0) is 15.4. The maximum atomic E-state index is 11.6. The van der Waals surface area contributed by atoms with Crippen LogP contribution in [0.15, 0.2) is 0 Å². The Hall–Kier alpha value is -1.98. The van der Waals surface area contributed by atoms with E-state index in [0.29, 0.717) is 0 Å². The normalized spacial score (nSPS) is 30.5. The Morgan fingerprint density at radius 3 is 2.67 bits per heavy atom. The standard InChI is InChI=1S/C10H15N3O8/c14-2-8(16)11-1-7(15)12-5-3-19-10-6(21-13(17)18)4-20-9(5)10/h5-6,9-10,14H,1-4H2,(H,11,16)(H,12,15)/t5-,6?,9+,10+/m0/s1. The minimum absolute atomic E-state index is 0.00390. The lowest BCUT2D eigenvalue weighted by atomic mass is 10.1. The number of rotatable bonds is 6. The number of hydrogen-bond donors (Lipinski definition) is 3. The van der Waals surface area contributed by atoms with Crippen molar-refractivity contribution >= 4 is 11.8 Å². The molecule has 0 aromatic carbocycles. The van der Waals surface area contributed by atoms with Crippen molar-refractivity contribution in [2.24, 2.45) is 0 Å². The summed E-state index contributed by atoms with van der Waals surface area (Å²) in [5.41, 5.74) is 0. The van der Waals surface area contributed by atoms with Gasteiger partial charge < -0.3 is 30.1 Å². The predicted octanol–water partition coefficient (Wildman–Crippen LogP) is -3.05. The molecule has 4 atom stereocenters. The number of nitrogens with one attached hydrogen (secondary N) is 2. The van der Waals surface area contributed by atoms with Crippen molar-refractivity contribution in [1.82, 2.24) is 10.6 Å². The first-order valence-electron chi connectivity index (χ1n) is 6.22. The number of aliphatic hydroxyl groups excluding tert-OH is 1. The molecule has 11 nitrogen and oxygen atoms in total. The van der Waals surface area contributed by atoms with Crippen molar-refractivity contribution in [1.29, 1.82) is 0 Å². The van der Waals surface area contributed by atoms with Gasteiger partial charge in [0.1, 0.15) is 18.8 Å². The Bertz CT molecular complexity index is 431. The van der Waals surface area contributed by atoms with Crippen LogP contribution >= 0.6 is 0 Å². The van der Waals surface area contributed by atoms with Gasteiger partial charge in [0.25, 0.3) is 5.09 Å². The van der Waals surface area contributed by atoms with Gasteiger partial charge in [0, 0.05) is 0 Å². The molecule has 118 valence electrons. The average Bonchev–Trinajstić information content (AvgIpc) is 3.00. The maximum absolute atomic E-state index is 11.6. The Morgan fingerprint density at radius 2 is 2.00 bits per heavy atom. The first kappa shape index (κ1) is 15.4. The fourth-order valence-corrected chi connectivity index (χ4v) is 2.28. The summed E-state index contributed by atoms with van der Waals surface area (Å²) in [6.07, 6.45) is -1.97. The third kappa shape index (κ3) is 3.77. The van der Waals surface area contributed by atoms with Crippen molar-refractivity contribution < 1.29 is 34.1 Å². The van der Waals surface area contributed by atoms with Gasteiger partial charge in [0.05, 0.1) is 25.8 Å². The van der Waals surface area contributed by atoms with E-state index in [2.05, 4.69) is 15.5 Å². The second kappa shape index (κ2) is 6.65. The molecule has 0 radical (unpaired) electrons. The van der Waals surface area contributed by atoms with E-state index < -0.39 is 47.9 Å². The highest BCUT2D eigenvalue weighted by Gasteiger charge is 2.49. The molecule has 0 aromatic heterocycles. The third-order valence-corrected chi connectivity index (χ3v) is 3.17. The molecule has 2 saturated heterocycles. The van der Waals surface area contributed by atoms with Gasteiger partial charge in [-0.05, 0) is 0 Å². The molecule has 2 aliphatic heterocycles. The number of aliphatic hydroxyl groups is 1. The van der Waals surface area contributed by atoms with Crippen molar-refractivity contribution in [3.8, 4) is 0 Å². The Balaban J connectivity index is 1.80. The van der Waals surface area contributed by atoms with Gasteiger partial charge in [0.15, 0.2) is 6.10 Å². The van der Waals surface area contributed by atoms with Crippen molar-refractivity contribution in [2.45, 2.75) is 24.4 Å². The van der Waals surface area contributed by atoms with Crippen LogP contribution in [-0.4, -0.2) is 72.7 Å². The van der Waals surface area contributed by atoms with E-state index in [0.717, 1.165) is 0 Å². The molecule has 0 aromatic rings. The van der Waals surface area contributed by atoms with Gasteiger partial charge in [-0.3, -0.25) is 9.59 Å². The lowest BCUT2D eigenvalue weighted by Gasteiger charge is -2.17. The molecule has 0 spiro atoms. The van der Waals surface area contributed by atoms with Crippen molar-refractivity contribution in [2.75, 3.05) is 26.4 Å². The molecular weight excluding hydrogens is 290 g/mol. The average molecular weight is 305 g/mol. The summed E-state index contributed by atoms with van der Waals surface area (Å²) in [7, 11) is 0.